The second-order valence-corrected chi connectivity index (χ2v) is 4.22. The first-order valence-electron chi connectivity index (χ1n) is 5.91. The molecule has 0 unspecified atom stereocenters. The monoisotopic (exact) mass is 252 g/mol. The smallest absolute Gasteiger partial charge is 0.258 e. The molecule has 2 aromatic heterocycles. The van der Waals surface area contributed by atoms with Crippen LogP contribution < -0.4 is 5.32 Å². The Balaban J connectivity index is 2.06. The molecule has 3 rings (SSSR count). The number of pyridine rings is 1. The van der Waals surface area contributed by atoms with Crippen molar-refractivity contribution >= 4 is 22.8 Å². The summed E-state index contributed by atoms with van der Waals surface area (Å²) in [5, 5.41) is 3.55. The summed E-state index contributed by atoms with van der Waals surface area (Å²) in [7, 11) is 0. The number of amides is 1. The molecule has 5 heteroatoms. The molecule has 0 saturated heterocycles. The van der Waals surface area contributed by atoms with Gasteiger partial charge in [0, 0.05) is 23.5 Å². The molecule has 0 spiro atoms. The van der Waals surface area contributed by atoms with Crippen LogP contribution in [0.15, 0.2) is 42.7 Å². The van der Waals surface area contributed by atoms with E-state index in [-0.39, 0.29) is 5.91 Å². The number of hydrogen-bond donors (Lipinski definition) is 2. The molecule has 0 aliphatic heterocycles. The average molecular weight is 252 g/mol. The standard InChI is InChI=1S/C14H12N4O/c1-9-8-11(10-4-2-3-5-12(10)17-9)13(19)18-14-15-6-7-16-14/h2-8H,1H3,(H2,15,16,18,19). The van der Waals surface area contributed by atoms with Crippen LogP contribution in [0.2, 0.25) is 0 Å². The number of imidazole rings is 1. The molecule has 0 radical (unpaired) electrons. The van der Waals surface area contributed by atoms with Crippen LogP contribution in [0.5, 0.6) is 0 Å². The molecular weight excluding hydrogens is 240 g/mol. The summed E-state index contributed by atoms with van der Waals surface area (Å²) in [5.41, 5.74) is 2.22. The lowest BCUT2D eigenvalue weighted by atomic mass is 10.1. The first-order valence-corrected chi connectivity index (χ1v) is 5.91. The molecule has 2 N–H and O–H groups in total. The summed E-state index contributed by atoms with van der Waals surface area (Å²) in [4.78, 5) is 23.5. The number of para-hydroxylation sites is 1. The van der Waals surface area contributed by atoms with Gasteiger partial charge in [-0.05, 0) is 19.1 Å². The number of nitrogens with one attached hydrogen (secondary N) is 2. The molecule has 19 heavy (non-hydrogen) atoms. The maximum absolute atomic E-state index is 12.3. The lowest BCUT2D eigenvalue weighted by molar-refractivity contribution is 0.102. The average Bonchev–Trinajstić information content (AvgIpc) is 2.90. The van der Waals surface area contributed by atoms with Crippen molar-refractivity contribution < 1.29 is 4.79 Å². The van der Waals surface area contributed by atoms with Crippen molar-refractivity contribution in [2.75, 3.05) is 5.32 Å². The summed E-state index contributed by atoms with van der Waals surface area (Å²) in [6.45, 7) is 1.87. The van der Waals surface area contributed by atoms with E-state index in [1.54, 1.807) is 18.5 Å². The Labute approximate surface area is 109 Å². The van der Waals surface area contributed by atoms with Gasteiger partial charge in [-0.15, -0.1) is 0 Å². The molecule has 0 bridgehead atoms. The second-order valence-electron chi connectivity index (χ2n) is 4.22. The Hall–Kier alpha value is -2.69. The van der Waals surface area contributed by atoms with Crippen LogP contribution in [0.4, 0.5) is 5.95 Å². The fraction of sp³-hybridized carbons (Fsp3) is 0.0714. The van der Waals surface area contributed by atoms with E-state index < -0.39 is 0 Å². The number of carbonyl (C=O) groups excluding carboxylic acids is 1. The van der Waals surface area contributed by atoms with Crippen LogP contribution in [-0.2, 0) is 0 Å². The number of rotatable bonds is 2. The first kappa shape index (κ1) is 11.4. The van der Waals surface area contributed by atoms with Crippen molar-refractivity contribution in [1.29, 1.82) is 0 Å². The van der Waals surface area contributed by atoms with Crippen molar-refractivity contribution in [3.05, 3.63) is 54.0 Å². The zero-order valence-corrected chi connectivity index (χ0v) is 10.3. The Morgan fingerprint density at radius 1 is 1.32 bits per heavy atom. The number of hydrogen-bond acceptors (Lipinski definition) is 3. The predicted molar refractivity (Wildman–Crippen MR) is 73.0 cm³/mol. The Bertz CT molecular complexity index is 734. The highest BCUT2D eigenvalue weighted by Crippen LogP contribution is 2.18. The third-order valence-corrected chi connectivity index (χ3v) is 2.82. The second kappa shape index (κ2) is 4.53. The SMILES string of the molecule is Cc1cc(C(=O)Nc2ncc[nH]2)c2ccccc2n1. The molecule has 2 heterocycles. The van der Waals surface area contributed by atoms with Crippen molar-refractivity contribution in [3.63, 3.8) is 0 Å². The molecule has 3 aromatic rings. The zero-order chi connectivity index (χ0) is 13.2. The van der Waals surface area contributed by atoms with Gasteiger partial charge < -0.3 is 4.98 Å². The minimum atomic E-state index is -0.198. The number of H-pyrrole nitrogens is 1. The maximum Gasteiger partial charge on any atom is 0.258 e. The number of anilines is 1. The van der Waals surface area contributed by atoms with E-state index in [1.165, 1.54) is 0 Å². The number of benzene rings is 1. The highest BCUT2D eigenvalue weighted by atomic mass is 16.1. The summed E-state index contributed by atoms with van der Waals surface area (Å²) >= 11 is 0. The van der Waals surface area contributed by atoms with Gasteiger partial charge in [-0.2, -0.15) is 0 Å². The molecule has 0 atom stereocenters. The topological polar surface area (TPSA) is 70.7 Å². The Morgan fingerprint density at radius 3 is 2.95 bits per heavy atom. The minimum absolute atomic E-state index is 0.198. The van der Waals surface area contributed by atoms with Gasteiger partial charge >= 0.3 is 0 Å². The van der Waals surface area contributed by atoms with Gasteiger partial charge in [0.1, 0.15) is 0 Å². The molecule has 0 saturated carbocycles. The van der Waals surface area contributed by atoms with Crippen LogP contribution in [0.25, 0.3) is 10.9 Å². The quantitative estimate of drug-likeness (QED) is 0.736. The number of carbonyl (C=O) groups is 1. The van der Waals surface area contributed by atoms with Gasteiger partial charge in [0.05, 0.1) is 11.1 Å². The molecule has 1 aromatic carbocycles. The summed E-state index contributed by atoms with van der Waals surface area (Å²) < 4.78 is 0. The van der Waals surface area contributed by atoms with Crippen LogP contribution in [0.3, 0.4) is 0 Å². The lowest BCUT2D eigenvalue weighted by Gasteiger charge is -2.07. The zero-order valence-electron chi connectivity index (χ0n) is 10.3. The normalized spacial score (nSPS) is 10.6. The van der Waals surface area contributed by atoms with Gasteiger partial charge in [0.2, 0.25) is 5.95 Å². The molecule has 1 amide bonds. The van der Waals surface area contributed by atoms with Crippen LogP contribution in [0, 0.1) is 6.92 Å². The van der Waals surface area contributed by atoms with E-state index >= 15 is 0 Å². The third kappa shape index (κ3) is 2.18. The summed E-state index contributed by atoms with van der Waals surface area (Å²) in [6.07, 6.45) is 3.25. The minimum Gasteiger partial charge on any atom is -0.331 e. The highest BCUT2D eigenvalue weighted by Gasteiger charge is 2.12. The van der Waals surface area contributed by atoms with E-state index in [4.69, 9.17) is 0 Å². The number of fused-ring (bicyclic) bond motifs is 1. The molecule has 0 fully saturated rings. The van der Waals surface area contributed by atoms with E-state index in [0.29, 0.717) is 11.5 Å². The van der Waals surface area contributed by atoms with Crippen LogP contribution >= 0.6 is 0 Å². The number of aryl methyl sites for hydroxylation is 1. The fourth-order valence-corrected chi connectivity index (χ4v) is 2.00. The van der Waals surface area contributed by atoms with Gasteiger partial charge in [-0.1, -0.05) is 18.2 Å². The fourth-order valence-electron chi connectivity index (χ4n) is 2.00. The van der Waals surface area contributed by atoms with Gasteiger partial charge in [-0.25, -0.2) is 4.98 Å². The maximum atomic E-state index is 12.3. The third-order valence-electron chi connectivity index (χ3n) is 2.82. The number of aromatic amines is 1. The van der Waals surface area contributed by atoms with Gasteiger partial charge in [0.15, 0.2) is 0 Å². The Morgan fingerprint density at radius 2 is 2.16 bits per heavy atom. The molecule has 94 valence electrons. The first-order chi connectivity index (χ1) is 9.24. The molecule has 0 aliphatic rings. The van der Waals surface area contributed by atoms with E-state index in [2.05, 4.69) is 20.3 Å². The molecule has 0 aliphatic carbocycles. The number of nitrogens with zero attached hydrogens (tertiary/aromatic N) is 2. The number of aromatic nitrogens is 3. The van der Waals surface area contributed by atoms with Crippen molar-refractivity contribution in [2.24, 2.45) is 0 Å². The van der Waals surface area contributed by atoms with Crippen LogP contribution in [0.1, 0.15) is 16.1 Å². The highest BCUT2D eigenvalue weighted by molar-refractivity contribution is 6.11. The van der Waals surface area contributed by atoms with Crippen molar-refractivity contribution in [1.82, 2.24) is 15.0 Å². The lowest BCUT2D eigenvalue weighted by Crippen LogP contribution is -2.14. The van der Waals surface area contributed by atoms with E-state index in [1.807, 2.05) is 31.2 Å². The van der Waals surface area contributed by atoms with Crippen LogP contribution in [-0.4, -0.2) is 20.9 Å². The van der Waals surface area contributed by atoms with E-state index in [0.717, 1.165) is 16.6 Å². The van der Waals surface area contributed by atoms with Gasteiger partial charge in [0.25, 0.3) is 5.91 Å². The van der Waals surface area contributed by atoms with Crippen molar-refractivity contribution in [2.45, 2.75) is 6.92 Å². The van der Waals surface area contributed by atoms with Crippen molar-refractivity contribution in [3.8, 4) is 0 Å². The summed E-state index contributed by atoms with van der Waals surface area (Å²) in [5.74, 6) is 0.236. The Kier molecular flexibility index (Phi) is 2.72. The predicted octanol–water partition coefficient (Wildman–Crippen LogP) is 2.52. The summed E-state index contributed by atoms with van der Waals surface area (Å²) in [6, 6.07) is 9.36. The van der Waals surface area contributed by atoms with E-state index in [9.17, 15) is 4.79 Å². The largest absolute Gasteiger partial charge is 0.331 e. The molecule has 5 nitrogen and oxygen atoms in total. The molecular formula is C14H12N4O. The van der Waals surface area contributed by atoms with Gasteiger partial charge in [-0.3, -0.25) is 15.1 Å².